The summed E-state index contributed by atoms with van der Waals surface area (Å²) < 4.78 is 0. The fraction of sp³-hybridized carbons (Fsp3) is 1.00. The van der Waals surface area contributed by atoms with Crippen LogP contribution < -0.4 is 5.73 Å². The molecular formula is C14H26N2S. The Kier molecular flexibility index (Phi) is 3.21. The molecule has 0 aromatic heterocycles. The average Bonchev–Trinajstić information content (AvgIpc) is 2.52. The van der Waals surface area contributed by atoms with Gasteiger partial charge in [0.05, 0.1) is 0 Å². The van der Waals surface area contributed by atoms with Gasteiger partial charge < -0.3 is 5.73 Å². The van der Waals surface area contributed by atoms with Gasteiger partial charge >= 0.3 is 0 Å². The summed E-state index contributed by atoms with van der Waals surface area (Å²) in [5.74, 6) is 2.70. The van der Waals surface area contributed by atoms with Crippen molar-refractivity contribution in [1.29, 1.82) is 0 Å². The second-order valence-corrected chi connectivity index (χ2v) is 8.04. The summed E-state index contributed by atoms with van der Waals surface area (Å²) in [6.45, 7) is 4.96. The van der Waals surface area contributed by atoms with E-state index in [0.717, 1.165) is 18.1 Å². The van der Waals surface area contributed by atoms with Gasteiger partial charge in [0.2, 0.25) is 0 Å². The van der Waals surface area contributed by atoms with Gasteiger partial charge in [0, 0.05) is 29.9 Å². The van der Waals surface area contributed by atoms with Gasteiger partial charge in [0.15, 0.2) is 0 Å². The number of piperidine rings is 1. The van der Waals surface area contributed by atoms with Crippen LogP contribution in [-0.4, -0.2) is 40.6 Å². The van der Waals surface area contributed by atoms with Crippen LogP contribution >= 0.6 is 11.8 Å². The molecule has 0 amide bonds. The fourth-order valence-corrected chi connectivity index (χ4v) is 5.86. The van der Waals surface area contributed by atoms with E-state index < -0.39 is 0 Å². The van der Waals surface area contributed by atoms with Crippen molar-refractivity contribution in [3.05, 3.63) is 0 Å². The topological polar surface area (TPSA) is 29.3 Å². The zero-order valence-corrected chi connectivity index (χ0v) is 12.0. The van der Waals surface area contributed by atoms with E-state index >= 15 is 0 Å². The molecule has 0 aliphatic carbocycles. The average molecular weight is 254 g/mol. The van der Waals surface area contributed by atoms with Crippen LogP contribution in [0.1, 0.15) is 46.0 Å². The van der Waals surface area contributed by atoms with Crippen LogP contribution in [0.25, 0.3) is 0 Å². The molecule has 0 aromatic rings. The quantitative estimate of drug-likeness (QED) is 0.779. The minimum atomic E-state index is 0.475. The first-order valence-corrected chi connectivity index (χ1v) is 8.34. The fourth-order valence-electron chi connectivity index (χ4n) is 4.18. The molecule has 2 bridgehead atoms. The Morgan fingerprint density at radius 1 is 1.18 bits per heavy atom. The molecule has 2 nitrogen and oxygen atoms in total. The molecule has 0 spiro atoms. The van der Waals surface area contributed by atoms with Gasteiger partial charge in [0.1, 0.15) is 0 Å². The highest BCUT2D eigenvalue weighted by molar-refractivity contribution is 7.99. The van der Waals surface area contributed by atoms with E-state index in [-0.39, 0.29) is 0 Å². The van der Waals surface area contributed by atoms with Crippen LogP contribution in [-0.2, 0) is 0 Å². The van der Waals surface area contributed by atoms with Gasteiger partial charge in [-0.25, -0.2) is 0 Å². The molecule has 98 valence electrons. The Morgan fingerprint density at radius 2 is 1.82 bits per heavy atom. The van der Waals surface area contributed by atoms with Crippen LogP contribution in [0, 0.1) is 5.41 Å². The van der Waals surface area contributed by atoms with E-state index in [9.17, 15) is 0 Å². The lowest BCUT2D eigenvalue weighted by molar-refractivity contribution is 0.0230. The molecular weight excluding hydrogens is 228 g/mol. The maximum atomic E-state index is 6.18. The van der Waals surface area contributed by atoms with Gasteiger partial charge in [-0.1, -0.05) is 13.8 Å². The highest BCUT2D eigenvalue weighted by atomic mass is 32.2. The first-order valence-electron chi connectivity index (χ1n) is 7.19. The van der Waals surface area contributed by atoms with Crippen molar-refractivity contribution in [2.45, 2.75) is 70.1 Å². The predicted molar refractivity (Wildman–Crippen MR) is 75.4 cm³/mol. The van der Waals surface area contributed by atoms with Gasteiger partial charge in [-0.15, -0.1) is 0 Å². The number of nitrogens with zero attached hydrogens (tertiary/aromatic N) is 1. The molecule has 0 aromatic carbocycles. The second kappa shape index (κ2) is 4.43. The first-order chi connectivity index (χ1) is 8.08. The Hall–Kier alpha value is 0.270. The highest BCUT2D eigenvalue weighted by Crippen LogP contribution is 2.45. The van der Waals surface area contributed by atoms with Crippen LogP contribution in [0.5, 0.6) is 0 Å². The molecule has 3 unspecified atom stereocenters. The van der Waals surface area contributed by atoms with Crippen LogP contribution in [0.2, 0.25) is 0 Å². The SMILES string of the molecule is CC1(C)CCSCC1N1C2CCC1CC(N)C2. The lowest BCUT2D eigenvalue weighted by Gasteiger charge is -2.50. The third kappa shape index (κ3) is 2.15. The molecule has 0 saturated carbocycles. The van der Waals surface area contributed by atoms with Crippen LogP contribution in [0.15, 0.2) is 0 Å². The van der Waals surface area contributed by atoms with E-state index in [1.807, 2.05) is 0 Å². The molecule has 3 aliphatic rings. The largest absolute Gasteiger partial charge is 0.328 e. The molecule has 3 aliphatic heterocycles. The van der Waals surface area contributed by atoms with Crippen molar-refractivity contribution in [3.8, 4) is 0 Å². The van der Waals surface area contributed by atoms with Crippen molar-refractivity contribution in [3.63, 3.8) is 0 Å². The van der Waals surface area contributed by atoms with Crippen molar-refractivity contribution < 1.29 is 0 Å². The lowest BCUT2D eigenvalue weighted by Crippen LogP contribution is -2.58. The summed E-state index contributed by atoms with van der Waals surface area (Å²) in [6.07, 6.45) is 6.66. The summed E-state index contributed by atoms with van der Waals surface area (Å²) in [5.41, 5.74) is 6.69. The maximum Gasteiger partial charge on any atom is 0.0243 e. The molecule has 3 atom stereocenters. The van der Waals surface area contributed by atoms with Crippen molar-refractivity contribution in [1.82, 2.24) is 4.90 Å². The standard InChI is InChI=1S/C14H26N2S/c1-14(2)5-6-17-9-13(14)16-11-3-4-12(16)8-10(15)7-11/h10-13H,3-9,15H2,1-2H3. The first kappa shape index (κ1) is 12.3. The lowest BCUT2D eigenvalue weighted by atomic mass is 9.79. The molecule has 0 radical (unpaired) electrons. The van der Waals surface area contributed by atoms with E-state index in [1.54, 1.807) is 0 Å². The predicted octanol–water partition coefficient (Wildman–Crippen LogP) is 2.47. The van der Waals surface area contributed by atoms with Crippen molar-refractivity contribution in [2.24, 2.45) is 11.1 Å². The highest BCUT2D eigenvalue weighted by Gasteiger charge is 2.47. The number of hydrogen-bond acceptors (Lipinski definition) is 3. The summed E-state index contributed by atoms with van der Waals surface area (Å²) in [6, 6.07) is 2.87. The van der Waals surface area contributed by atoms with Gasteiger partial charge in [0.25, 0.3) is 0 Å². The molecule has 3 heterocycles. The van der Waals surface area contributed by atoms with Crippen LogP contribution in [0.3, 0.4) is 0 Å². The zero-order chi connectivity index (χ0) is 12.0. The van der Waals surface area contributed by atoms with E-state index in [2.05, 4.69) is 30.5 Å². The van der Waals surface area contributed by atoms with E-state index in [1.165, 1.54) is 43.6 Å². The summed E-state index contributed by atoms with van der Waals surface area (Å²) in [7, 11) is 0. The summed E-state index contributed by atoms with van der Waals surface area (Å²) in [4.78, 5) is 2.88. The zero-order valence-electron chi connectivity index (χ0n) is 11.2. The molecule has 2 N–H and O–H groups in total. The molecule has 3 saturated heterocycles. The van der Waals surface area contributed by atoms with E-state index in [0.29, 0.717) is 11.5 Å². The van der Waals surface area contributed by atoms with Crippen molar-refractivity contribution in [2.75, 3.05) is 11.5 Å². The Balaban J connectivity index is 1.80. The smallest absolute Gasteiger partial charge is 0.0243 e. The molecule has 3 fully saturated rings. The van der Waals surface area contributed by atoms with Crippen LogP contribution in [0.4, 0.5) is 0 Å². The van der Waals surface area contributed by atoms with Crippen molar-refractivity contribution >= 4 is 11.8 Å². The minimum absolute atomic E-state index is 0.475. The monoisotopic (exact) mass is 254 g/mol. The Labute approximate surface area is 110 Å². The van der Waals surface area contributed by atoms with Gasteiger partial charge in [-0.05, 0) is 43.3 Å². The maximum absolute atomic E-state index is 6.18. The normalized spacial score (nSPS) is 46.1. The Bertz CT molecular complexity index is 278. The number of rotatable bonds is 1. The molecule has 17 heavy (non-hydrogen) atoms. The molecule has 3 rings (SSSR count). The third-order valence-corrected chi connectivity index (χ3v) is 6.30. The number of nitrogens with two attached hydrogens (primary N) is 1. The van der Waals surface area contributed by atoms with E-state index in [4.69, 9.17) is 5.73 Å². The summed E-state index contributed by atoms with van der Waals surface area (Å²) in [5, 5.41) is 0. The Morgan fingerprint density at radius 3 is 2.41 bits per heavy atom. The molecule has 3 heteroatoms. The second-order valence-electron chi connectivity index (χ2n) is 6.89. The summed E-state index contributed by atoms with van der Waals surface area (Å²) >= 11 is 2.16. The minimum Gasteiger partial charge on any atom is -0.328 e. The number of fused-ring (bicyclic) bond motifs is 2. The van der Waals surface area contributed by atoms with Gasteiger partial charge in [-0.3, -0.25) is 4.90 Å². The van der Waals surface area contributed by atoms with Gasteiger partial charge in [-0.2, -0.15) is 11.8 Å². The number of hydrogen-bond donors (Lipinski definition) is 1. The number of thioether (sulfide) groups is 1. The third-order valence-electron chi connectivity index (χ3n) is 5.25.